The molecule has 148 valence electrons. The molecule has 0 heterocycles. The van der Waals surface area contributed by atoms with Crippen LogP contribution in [0.25, 0.3) is 10.8 Å². The Morgan fingerprint density at radius 1 is 0.778 bits per heavy atom. The molecule has 2 aromatic rings. The first kappa shape index (κ1) is 20.2. The number of fused-ring (bicyclic) bond motifs is 1. The van der Waals surface area contributed by atoms with Crippen LogP contribution in [0.1, 0.15) is 96.0 Å². The molecular formula is C26H38O. The van der Waals surface area contributed by atoms with Gasteiger partial charge in [0.05, 0.1) is 6.61 Å². The molecule has 0 saturated heterocycles. The topological polar surface area (TPSA) is 9.23 Å². The Labute approximate surface area is 166 Å². The first-order valence-electron chi connectivity index (χ1n) is 11.5. The van der Waals surface area contributed by atoms with E-state index in [1.54, 1.807) is 5.56 Å². The lowest BCUT2D eigenvalue weighted by Gasteiger charge is -2.29. The van der Waals surface area contributed by atoms with E-state index in [0.717, 1.165) is 30.6 Å². The predicted molar refractivity (Wildman–Crippen MR) is 118 cm³/mol. The van der Waals surface area contributed by atoms with Crippen LogP contribution < -0.4 is 4.74 Å². The van der Waals surface area contributed by atoms with E-state index in [0.29, 0.717) is 0 Å². The third-order valence-corrected chi connectivity index (χ3v) is 6.34. The highest BCUT2D eigenvalue weighted by Gasteiger charge is 2.22. The maximum atomic E-state index is 5.78. The minimum atomic E-state index is 0.766. The van der Waals surface area contributed by atoms with Crippen molar-refractivity contribution in [3.05, 3.63) is 42.0 Å². The molecule has 1 aliphatic rings. The smallest absolute Gasteiger partial charge is 0.119 e. The van der Waals surface area contributed by atoms with Crippen molar-refractivity contribution in [3.63, 3.8) is 0 Å². The van der Waals surface area contributed by atoms with Crippen molar-refractivity contribution in [3.8, 4) is 5.75 Å². The molecule has 0 radical (unpaired) electrons. The molecule has 0 bridgehead atoms. The van der Waals surface area contributed by atoms with E-state index in [2.05, 4.69) is 50.2 Å². The van der Waals surface area contributed by atoms with E-state index in [1.807, 2.05) is 0 Å². The van der Waals surface area contributed by atoms with Crippen LogP contribution in [-0.4, -0.2) is 6.61 Å². The number of unbranched alkanes of at least 4 members (excludes halogenated alkanes) is 4. The monoisotopic (exact) mass is 366 g/mol. The van der Waals surface area contributed by atoms with Gasteiger partial charge in [0, 0.05) is 0 Å². The van der Waals surface area contributed by atoms with E-state index in [4.69, 9.17) is 4.74 Å². The Kier molecular flexibility index (Phi) is 8.05. The molecule has 1 fully saturated rings. The second-order valence-corrected chi connectivity index (χ2v) is 8.54. The molecule has 1 saturated carbocycles. The molecule has 0 spiro atoms. The molecule has 0 unspecified atom stereocenters. The molecular weight excluding hydrogens is 328 g/mol. The molecule has 1 nitrogen and oxygen atoms in total. The second-order valence-electron chi connectivity index (χ2n) is 8.54. The minimum Gasteiger partial charge on any atom is -0.494 e. The van der Waals surface area contributed by atoms with Gasteiger partial charge in [0.1, 0.15) is 5.75 Å². The van der Waals surface area contributed by atoms with Gasteiger partial charge in [-0.05, 0) is 72.4 Å². The van der Waals surface area contributed by atoms with Crippen molar-refractivity contribution in [1.29, 1.82) is 0 Å². The zero-order chi connectivity index (χ0) is 18.9. The van der Waals surface area contributed by atoms with E-state index in [1.165, 1.54) is 75.0 Å². The van der Waals surface area contributed by atoms with Crippen LogP contribution in [0, 0.1) is 5.92 Å². The van der Waals surface area contributed by atoms with Crippen molar-refractivity contribution in [2.45, 2.75) is 90.4 Å². The molecule has 0 N–H and O–H groups in total. The van der Waals surface area contributed by atoms with Crippen LogP contribution in [0.4, 0.5) is 0 Å². The van der Waals surface area contributed by atoms with Crippen LogP contribution in [0.2, 0.25) is 0 Å². The Morgan fingerprint density at radius 3 is 2.30 bits per heavy atom. The molecule has 0 aromatic heterocycles. The average Bonchev–Trinajstić information content (AvgIpc) is 2.72. The van der Waals surface area contributed by atoms with Gasteiger partial charge in [0.2, 0.25) is 0 Å². The van der Waals surface area contributed by atoms with Crippen LogP contribution >= 0.6 is 0 Å². The van der Waals surface area contributed by atoms with Crippen LogP contribution in [0.5, 0.6) is 5.75 Å². The fraction of sp³-hybridized carbons (Fsp3) is 0.615. The van der Waals surface area contributed by atoms with Crippen LogP contribution in [0.15, 0.2) is 36.4 Å². The average molecular weight is 367 g/mol. The number of ether oxygens (including phenoxy) is 1. The molecule has 0 atom stereocenters. The van der Waals surface area contributed by atoms with E-state index >= 15 is 0 Å². The fourth-order valence-corrected chi connectivity index (χ4v) is 4.63. The summed E-state index contributed by atoms with van der Waals surface area (Å²) in [6.07, 6.45) is 15.2. The van der Waals surface area contributed by atoms with Crippen molar-refractivity contribution in [2.24, 2.45) is 5.92 Å². The standard InChI is InChI=1S/C26H38O/c1-3-5-6-7-8-9-21-10-12-22(13-11-21)23-14-15-25-20-26(27-18-4-2)17-16-24(25)19-23/h14-17,19-22H,3-13,18H2,1-2H3/t21-,22-. The summed E-state index contributed by atoms with van der Waals surface area (Å²) in [5.41, 5.74) is 1.55. The second kappa shape index (κ2) is 10.7. The lowest BCUT2D eigenvalue weighted by molar-refractivity contribution is 0.302. The highest BCUT2D eigenvalue weighted by molar-refractivity contribution is 5.84. The van der Waals surface area contributed by atoms with Gasteiger partial charge in [0.15, 0.2) is 0 Å². The Morgan fingerprint density at radius 2 is 1.52 bits per heavy atom. The third kappa shape index (κ3) is 5.99. The highest BCUT2D eigenvalue weighted by atomic mass is 16.5. The SMILES string of the molecule is CCCCCCC[C@H]1CC[C@H](c2ccc3cc(OCCC)ccc3c2)CC1. The summed E-state index contributed by atoms with van der Waals surface area (Å²) in [7, 11) is 0. The first-order chi connectivity index (χ1) is 13.3. The summed E-state index contributed by atoms with van der Waals surface area (Å²) in [4.78, 5) is 0. The molecule has 0 aliphatic heterocycles. The van der Waals surface area contributed by atoms with Gasteiger partial charge in [-0.1, -0.05) is 76.6 Å². The normalized spacial score (nSPS) is 20.1. The zero-order valence-electron chi connectivity index (χ0n) is 17.5. The van der Waals surface area contributed by atoms with Gasteiger partial charge in [0.25, 0.3) is 0 Å². The Hall–Kier alpha value is -1.50. The maximum absolute atomic E-state index is 5.78. The first-order valence-corrected chi connectivity index (χ1v) is 11.5. The quantitative estimate of drug-likeness (QED) is 0.384. The van der Waals surface area contributed by atoms with Crippen LogP contribution in [-0.2, 0) is 0 Å². The van der Waals surface area contributed by atoms with E-state index in [9.17, 15) is 0 Å². The summed E-state index contributed by atoms with van der Waals surface area (Å²) in [6, 6.07) is 13.6. The van der Waals surface area contributed by atoms with Gasteiger partial charge in [-0.25, -0.2) is 0 Å². The zero-order valence-corrected chi connectivity index (χ0v) is 17.5. The van der Waals surface area contributed by atoms with Gasteiger partial charge in [-0.2, -0.15) is 0 Å². The van der Waals surface area contributed by atoms with Gasteiger partial charge in [-0.15, -0.1) is 0 Å². The molecule has 2 aromatic carbocycles. The lowest BCUT2D eigenvalue weighted by Crippen LogP contribution is -2.13. The van der Waals surface area contributed by atoms with Crippen LogP contribution in [0.3, 0.4) is 0 Å². The Balaban J connectivity index is 1.51. The fourth-order valence-electron chi connectivity index (χ4n) is 4.63. The highest BCUT2D eigenvalue weighted by Crippen LogP contribution is 2.38. The summed E-state index contributed by atoms with van der Waals surface area (Å²) in [5, 5.41) is 2.66. The number of rotatable bonds is 10. The maximum Gasteiger partial charge on any atom is 0.119 e. The molecule has 1 heteroatoms. The largest absolute Gasteiger partial charge is 0.494 e. The molecule has 0 amide bonds. The van der Waals surface area contributed by atoms with E-state index < -0.39 is 0 Å². The molecule has 1 aliphatic carbocycles. The van der Waals surface area contributed by atoms with Gasteiger partial charge in [-0.3, -0.25) is 0 Å². The summed E-state index contributed by atoms with van der Waals surface area (Å²) >= 11 is 0. The summed E-state index contributed by atoms with van der Waals surface area (Å²) in [6.45, 7) is 5.24. The molecule has 3 rings (SSSR count). The molecule has 27 heavy (non-hydrogen) atoms. The van der Waals surface area contributed by atoms with Crippen molar-refractivity contribution in [1.82, 2.24) is 0 Å². The number of hydrogen-bond donors (Lipinski definition) is 0. The van der Waals surface area contributed by atoms with Gasteiger partial charge >= 0.3 is 0 Å². The number of benzene rings is 2. The number of hydrogen-bond acceptors (Lipinski definition) is 1. The summed E-state index contributed by atoms with van der Waals surface area (Å²) < 4.78 is 5.78. The third-order valence-electron chi connectivity index (χ3n) is 6.34. The lowest BCUT2D eigenvalue weighted by atomic mass is 9.77. The Bertz CT molecular complexity index is 682. The minimum absolute atomic E-state index is 0.766. The summed E-state index contributed by atoms with van der Waals surface area (Å²) in [5.74, 6) is 2.75. The van der Waals surface area contributed by atoms with E-state index in [-0.39, 0.29) is 0 Å². The predicted octanol–water partition coefficient (Wildman–Crippen LogP) is 8.26. The van der Waals surface area contributed by atoms with Crippen molar-refractivity contribution >= 4 is 10.8 Å². The van der Waals surface area contributed by atoms with Crippen molar-refractivity contribution < 1.29 is 4.74 Å². The van der Waals surface area contributed by atoms with Crippen molar-refractivity contribution in [2.75, 3.05) is 6.61 Å². The van der Waals surface area contributed by atoms with Gasteiger partial charge < -0.3 is 4.74 Å².